The molecule has 1 aliphatic rings. The second-order valence-electron chi connectivity index (χ2n) is 4.32. The summed E-state index contributed by atoms with van der Waals surface area (Å²) in [6, 6.07) is 2.93. The van der Waals surface area contributed by atoms with Crippen LogP contribution in [-0.4, -0.2) is 38.8 Å². The molecule has 3 rings (SSSR count). The second-order valence-corrected chi connectivity index (χ2v) is 4.32. The van der Waals surface area contributed by atoms with Gasteiger partial charge in [0.05, 0.1) is 12.1 Å². The molecule has 2 aromatic heterocycles. The van der Waals surface area contributed by atoms with E-state index >= 15 is 0 Å². The first-order valence-electron chi connectivity index (χ1n) is 5.69. The molecule has 0 amide bonds. The zero-order valence-electron chi connectivity index (χ0n) is 9.54. The summed E-state index contributed by atoms with van der Waals surface area (Å²) in [4.78, 5) is 15.3. The third-order valence-corrected chi connectivity index (χ3v) is 3.15. The van der Waals surface area contributed by atoms with Crippen molar-refractivity contribution in [1.29, 1.82) is 0 Å². The van der Waals surface area contributed by atoms with Crippen molar-refractivity contribution in [3.8, 4) is 5.75 Å². The number of carbonyl (C=O) groups is 1. The smallest absolute Gasteiger partial charge is 0.356 e. The van der Waals surface area contributed by atoms with Gasteiger partial charge in [0.2, 0.25) is 0 Å². The number of carboxylic acid groups (broad SMARTS) is 1. The molecule has 2 N–H and O–H groups in total. The SMILES string of the molecule is O=C(O)c1nc(C2CCOC2)n2ccc(O)cc12. The molecule has 1 saturated heterocycles. The lowest BCUT2D eigenvalue weighted by Crippen LogP contribution is -2.04. The van der Waals surface area contributed by atoms with E-state index in [-0.39, 0.29) is 17.4 Å². The van der Waals surface area contributed by atoms with Gasteiger partial charge in [0, 0.05) is 24.8 Å². The number of imidazole rings is 1. The minimum Gasteiger partial charge on any atom is -0.508 e. The van der Waals surface area contributed by atoms with Crippen molar-refractivity contribution in [2.24, 2.45) is 0 Å². The van der Waals surface area contributed by atoms with E-state index in [0.717, 1.165) is 6.42 Å². The molecule has 1 aliphatic heterocycles. The van der Waals surface area contributed by atoms with Crippen molar-refractivity contribution >= 4 is 11.5 Å². The Hall–Kier alpha value is -2.08. The fourth-order valence-electron chi connectivity index (χ4n) is 2.28. The quantitative estimate of drug-likeness (QED) is 0.835. The maximum atomic E-state index is 11.2. The van der Waals surface area contributed by atoms with Crippen LogP contribution in [0.5, 0.6) is 5.75 Å². The number of rotatable bonds is 2. The third kappa shape index (κ3) is 1.62. The standard InChI is InChI=1S/C12H12N2O4/c15-8-1-3-14-9(5-8)10(12(16)17)13-11(14)7-2-4-18-6-7/h1,3,5,7,15H,2,4,6H2,(H,16,17). The van der Waals surface area contributed by atoms with Gasteiger partial charge >= 0.3 is 5.97 Å². The minimum absolute atomic E-state index is 0.0270. The number of aromatic carboxylic acids is 1. The van der Waals surface area contributed by atoms with Crippen molar-refractivity contribution in [2.75, 3.05) is 13.2 Å². The number of nitrogens with zero attached hydrogens (tertiary/aromatic N) is 2. The maximum Gasteiger partial charge on any atom is 0.356 e. The van der Waals surface area contributed by atoms with Crippen LogP contribution in [0.1, 0.15) is 28.7 Å². The van der Waals surface area contributed by atoms with E-state index in [1.807, 2.05) is 0 Å². The first kappa shape index (κ1) is 11.0. The van der Waals surface area contributed by atoms with Gasteiger partial charge in [-0.05, 0) is 12.5 Å². The Bertz CT molecular complexity index is 614. The molecule has 1 atom stereocenters. The number of aromatic hydroxyl groups is 1. The van der Waals surface area contributed by atoms with Crippen LogP contribution in [0.25, 0.3) is 5.52 Å². The summed E-state index contributed by atoms with van der Waals surface area (Å²) in [6.07, 6.45) is 2.47. The zero-order valence-corrected chi connectivity index (χ0v) is 9.54. The molecule has 18 heavy (non-hydrogen) atoms. The lowest BCUT2D eigenvalue weighted by Gasteiger charge is -2.06. The van der Waals surface area contributed by atoms with Crippen LogP contribution in [0.4, 0.5) is 0 Å². The topological polar surface area (TPSA) is 84.1 Å². The van der Waals surface area contributed by atoms with Crippen LogP contribution < -0.4 is 0 Å². The van der Waals surface area contributed by atoms with Crippen LogP contribution in [0.15, 0.2) is 18.3 Å². The van der Waals surface area contributed by atoms with Crippen molar-refractivity contribution < 1.29 is 19.7 Å². The van der Waals surface area contributed by atoms with Gasteiger partial charge in [-0.1, -0.05) is 0 Å². The summed E-state index contributed by atoms with van der Waals surface area (Å²) in [5.41, 5.74) is 0.372. The van der Waals surface area contributed by atoms with E-state index in [2.05, 4.69) is 4.98 Å². The van der Waals surface area contributed by atoms with Crippen LogP contribution in [0, 0.1) is 0 Å². The van der Waals surface area contributed by atoms with Gasteiger partial charge in [0.1, 0.15) is 11.6 Å². The Morgan fingerprint density at radius 2 is 2.39 bits per heavy atom. The van der Waals surface area contributed by atoms with Gasteiger partial charge in [-0.25, -0.2) is 9.78 Å². The predicted octanol–water partition coefficient (Wildman–Crippen LogP) is 1.24. The summed E-state index contributed by atoms with van der Waals surface area (Å²) in [6.45, 7) is 1.22. The molecule has 0 radical (unpaired) electrons. The summed E-state index contributed by atoms with van der Waals surface area (Å²) < 4.78 is 7.01. The van der Waals surface area contributed by atoms with E-state index in [1.165, 1.54) is 12.1 Å². The highest BCUT2D eigenvalue weighted by atomic mass is 16.5. The molecular weight excluding hydrogens is 236 g/mol. The van der Waals surface area contributed by atoms with Gasteiger partial charge < -0.3 is 19.4 Å². The van der Waals surface area contributed by atoms with Gasteiger partial charge in [0.15, 0.2) is 5.69 Å². The Labute approximate surface area is 102 Å². The molecule has 6 heteroatoms. The molecule has 0 aromatic carbocycles. The van der Waals surface area contributed by atoms with E-state index in [4.69, 9.17) is 9.84 Å². The predicted molar refractivity (Wildman–Crippen MR) is 62.0 cm³/mol. The van der Waals surface area contributed by atoms with Crippen LogP contribution >= 0.6 is 0 Å². The van der Waals surface area contributed by atoms with Crippen LogP contribution in [0.2, 0.25) is 0 Å². The zero-order chi connectivity index (χ0) is 12.7. The highest BCUT2D eigenvalue weighted by Gasteiger charge is 2.26. The van der Waals surface area contributed by atoms with E-state index in [1.54, 1.807) is 10.6 Å². The second kappa shape index (κ2) is 3.99. The minimum atomic E-state index is -1.09. The summed E-state index contributed by atoms with van der Waals surface area (Å²) in [7, 11) is 0. The first-order chi connectivity index (χ1) is 8.66. The number of hydrogen-bond donors (Lipinski definition) is 2. The molecule has 0 aliphatic carbocycles. The Morgan fingerprint density at radius 1 is 1.56 bits per heavy atom. The number of ether oxygens (including phenoxy) is 1. The average Bonchev–Trinajstić information content (AvgIpc) is 2.93. The molecule has 1 unspecified atom stereocenters. The van der Waals surface area contributed by atoms with Gasteiger partial charge in [-0.2, -0.15) is 0 Å². The van der Waals surface area contributed by atoms with Crippen molar-refractivity contribution in [2.45, 2.75) is 12.3 Å². The molecule has 0 saturated carbocycles. The van der Waals surface area contributed by atoms with Crippen molar-refractivity contribution in [1.82, 2.24) is 9.38 Å². The molecule has 3 heterocycles. The molecule has 0 bridgehead atoms. The lowest BCUT2D eigenvalue weighted by molar-refractivity contribution is 0.0693. The molecule has 0 spiro atoms. The maximum absolute atomic E-state index is 11.2. The fraction of sp³-hybridized carbons (Fsp3) is 0.333. The van der Waals surface area contributed by atoms with E-state index in [9.17, 15) is 9.90 Å². The fourth-order valence-corrected chi connectivity index (χ4v) is 2.28. The Morgan fingerprint density at radius 3 is 3.06 bits per heavy atom. The lowest BCUT2D eigenvalue weighted by atomic mass is 10.1. The highest BCUT2D eigenvalue weighted by Crippen LogP contribution is 2.28. The van der Waals surface area contributed by atoms with Gasteiger partial charge in [-0.15, -0.1) is 0 Å². The summed E-state index contributed by atoms with van der Waals surface area (Å²) in [5, 5.41) is 18.6. The molecule has 94 valence electrons. The van der Waals surface area contributed by atoms with Crippen molar-refractivity contribution in [3.05, 3.63) is 29.8 Å². The molecule has 1 fully saturated rings. The monoisotopic (exact) mass is 248 g/mol. The van der Waals surface area contributed by atoms with Gasteiger partial charge in [-0.3, -0.25) is 0 Å². The summed E-state index contributed by atoms with van der Waals surface area (Å²) in [5.74, 6) is -0.280. The molecule has 2 aromatic rings. The number of pyridine rings is 1. The Balaban J connectivity index is 2.22. The average molecular weight is 248 g/mol. The molecule has 6 nitrogen and oxygen atoms in total. The van der Waals surface area contributed by atoms with E-state index in [0.29, 0.717) is 24.6 Å². The first-order valence-corrected chi connectivity index (χ1v) is 5.69. The number of fused-ring (bicyclic) bond motifs is 1. The number of carboxylic acids is 1. The third-order valence-electron chi connectivity index (χ3n) is 3.15. The number of hydrogen-bond acceptors (Lipinski definition) is 4. The Kier molecular flexibility index (Phi) is 2.45. The summed E-state index contributed by atoms with van der Waals surface area (Å²) >= 11 is 0. The van der Waals surface area contributed by atoms with Crippen LogP contribution in [-0.2, 0) is 4.74 Å². The van der Waals surface area contributed by atoms with Crippen LogP contribution in [0.3, 0.4) is 0 Å². The highest BCUT2D eigenvalue weighted by molar-refractivity contribution is 5.94. The van der Waals surface area contributed by atoms with Crippen molar-refractivity contribution in [3.63, 3.8) is 0 Å². The van der Waals surface area contributed by atoms with E-state index < -0.39 is 5.97 Å². The number of aromatic nitrogens is 2. The largest absolute Gasteiger partial charge is 0.508 e. The normalized spacial score (nSPS) is 19.4. The molecular formula is C12H12N2O4. The van der Waals surface area contributed by atoms with Gasteiger partial charge in [0.25, 0.3) is 0 Å².